The fourth-order valence-corrected chi connectivity index (χ4v) is 4.51. The highest BCUT2D eigenvalue weighted by atomic mass is 35.5. The van der Waals surface area contributed by atoms with Crippen molar-refractivity contribution in [2.45, 2.75) is 56.8 Å². The van der Waals surface area contributed by atoms with E-state index in [1.165, 1.54) is 18.2 Å². The summed E-state index contributed by atoms with van der Waals surface area (Å²) in [6.45, 7) is 5.38. The normalized spacial score (nSPS) is 30.0. The first-order valence-corrected chi connectivity index (χ1v) is 9.95. The molecule has 6 nitrogen and oxygen atoms in total. The molecule has 0 spiro atoms. The lowest BCUT2D eigenvalue weighted by Gasteiger charge is -2.55. The highest BCUT2D eigenvalue weighted by Crippen LogP contribution is 2.46. The van der Waals surface area contributed by atoms with Crippen molar-refractivity contribution in [2.75, 3.05) is 19.6 Å². The minimum Gasteiger partial charge on any atom is -0.450 e. The van der Waals surface area contributed by atoms with Gasteiger partial charge in [0.05, 0.1) is 0 Å². The smallest absolute Gasteiger partial charge is 0.418 e. The van der Waals surface area contributed by atoms with Gasteiger partial charge in [0.1, 0.15) is 17.5 Å². The molecule has 1 aliphatic heterocycles. The van der Waals surface area contributed by atoms with Gasteiger partial charge in [0.2, 0.25) is 0 Å². The van der Waals surface area contributed by atoms with Crippen LogP contribution in [0.3, 0.4) is 0 Å². The van der Waals surface area contributed by atoms with Gasteiger partial charge in [0.25, 0.3) is 0 Å². The number of nitrogens with zero attached hydrogens (tertiary/aromatic N) is 1. The Labute approximate surface area is 168 Å². The summed E-state index contributed by atoms with van der Waals surface area (Å²) < 4.78 is 25.4. The van der Waals surface area contributed by atoms with E-state index in [0.29, 0.717) is 31.0 Å². The molecule has 1 saturated heterocycles. The van der Waals surface area contributed by atoms with Gasteiger partial charge in [-0.05, 0) is 56.1 Å². The topological polar surface area (TPSA) is 76.1 Å². The van der Waals surface area contributed by atoms with Crippen LogP contribution in [0.2, 0.25) is 5.02 Å². The minimum atomic E-state index is -1.61. The Morgan fingerprint density at radius 3 is 2.68 bits per heavy atom. The molecule has 0 bridgehead atoms. The van der Waals surface area contributed by atoms with E-state index in [2.05, 4.69) is 0 Å². The second-order valence-electron chi connectivity index (χ2n) is 7.47. The molecule has 28 heavy (non-hydrogen) atoms. The Balaban J connectivity index is 2.06. The molecule has 2 fully saturated rings. The van der Waals surface area contributed by atoms with Crippen LogP contribution in [-0.4, -0.2) is 58.9 Å². The standard InChI is InChI=1S/C20H25ClFNO5/c1-3-23(4-2)12-20-16(27-17(24)18(25)28-20)6-5-9-19(20,26)11-13-10-14(21)7-8-15(13)22/h7-8,10,16,26H,3-6,9,11-12H2,1-2H3. The van der Waals surface area contributed by atoms with Gasteiger partial charge in [-0.3, -0.25) is 4.90 Å². The number of hydrogen-bond acceptors (Lipinski definition) is 6. The van der Waals surface area contributed by atoms with Crippen LogP contribution in [-0.2, 0) is 25.5 Å². The SMILES string of the molecule is CCN(CC)CC12OC(=O)C(=O)OC1CCCC2(O)Cc1cc(Cl)ccc1F. The van der Waals surface area contributed by atoms with E-state index < -0.39 is 35.1 Å². The summed E-state index contributed by atoms with van der Waals surface area (Å²) >= 11 is 6.01. The van der Waals surface area contributed by atoms with E-state index in [9.17, 15) is 19.1 Å². The van der Waals surface area contributed by atoms with E-state index in [1.807, 2.05) is 18.7 Å². The molecule has 0 amide bonds. The zero-order chi connectivity index (χ0) is 20.5. The molecule has 1 aromatic carbocycles. The van der Waals surface area contributed by atoms with E-state index in [1.54, 1.807) is 0 Å². The van der Waals surface area contributed by atoms with Gasteiger partial charge >= 0.3 is 11.9 Å². The summed E-state index contributed by atoms with van der Waals surface area (Å²) in [5, 5.41) is 12.1. The molecule has 0 aromatic heterocycles. The lowest BCUT2D eigenvalue weighted by Crippen LogP contribution is -2.73. The quantitative estimate of drug-likeness (QED) is 0.570. The first-order chi connectivity index (χ1) is 13.2. The molecule has 1 aromatic rings. The molecule has 3 unspecified atom stereocenters. The van der Waals surface area contributed by atoms with Crippen molar-refractivity contribution in [2.24, 2.45) is 0 Å². The fraction of sp³-hybridized carbons (Fsp3) is 0.600. The van der Waals surface area contributed by atoms with Crippen LogP contribution >= 0.6 is 11.6 Å². The molecule has 8 heteroatoms. The van der Waals surface area contributed by atoms with E-state index in [-0.39, 0.29) is 24.9 Å². The molecule has 1 saturated carbocycles. The Morgan fingerprint density at radius 1 is 1.29 bits per heavy atom. The Morgan fingerprint density at radius 2 is 2.00 bits per heavy atom. The highest BCUT2D eigenvalue weighted by molar-refractivity contribution is 6.30. The average Bonchev–Trinajstić information content (AvgIpc) is 2.65. The number of benzene rings is 1. The van der Waals surface area contributed by atoms with Crippen molar-refractivity contribution >= 4 is 23.5 Å². The average molecular weight is 414 g/mol. The summed E-state index contributed by atoms with van der Waals surface area (Å²) in [7, 11) is 0. The van der Waals surface area contributed by atoms with Gasteiger partial charge in [-0.25, -0.2) is 14.0 Å². The summed E-state index contributed by atoms with van der Waals surface area (Å²) in [4.78, 5) is 26.0. The number of esters is 2. The molecule has 1 heterocycles. The van der Waals surface area contributed by atoms with Crippen LogP contribution in [0.5, 0.6) is 0 Å². The van der Waals surface area contributed by atoms with Gasteiger partial charge < -0.3 is 14.6 Å². The maximum Gasteiger partial charge on any atom is 0.418 e. The third-order valence-electron chi connectivity index (χ3n) is 5.90. The van der Waals surface area contributed by atoms with Crippen molar-refractivity contribution in [3.05, 3.63) is 34.6 Å². The van der Waals surface area contributed by atoms with Gasteiger partial charge in [-0.15, -0.1) is 0 Å². The highest BCUT2D eigenvalue weighted by Gasteiger charge is 2.65. The van der Waals surface area contributed by atoms with Gasteiger partial charge in [-0.2, -0.15) is 0 Å². The summed E-state index contributed by atoms with van der Waals surface area (Å²) in [6, 6.07) is 4.13. The molecule has 1 N–H and O–H groups in total. The second kappa shape index (κ2) is 7.97. The first kappa shape index (κ1) is 21.0. The van der Waals surface area contributed by atoms with Crippen molar-refractivity contribution in [1.29, 1.82) is 0 Å². The lowest BCUT2D eigenvalue weighted by molar-refractivity contribution is -0.271. The Hall–Kier alpha value is -1.70. The maximum absolute atomic E-state index is 14.4. The van der Waals surface area contributed by atoms with Crippen LogP contribution in [0.4, 0.5) is 4.39 Å². The zero-order valence-electron chi connectivity index (χ0n) is 16.0. The number of rotatable bonds is 6. The van der Waals surface area contributed by atoms with Gasteiger partial charge in [0, 0.05) is 18.0 Å². The Bertz CT molecular complexity index is 771. The van der Waals surface area contributed by atoms with Crippen LogP contribution in [0.15, 0.2) is 18.2 Å². The third-order valence-corrected chi connectivity index (χ3v) is 6.13. The van der Waals surface area contributed by atoms with Gasteiger partial charge in [-0.1, -0.05) is 25.4 Å². The maximum atomic E-state index is 14.4. The number of ether oxygens (including phenoxy) is 2. The molecular formula is C20H25ClFNO5. The largest absolute Gasteiger partial charge is 0.450 e. The predicted octanol–water partition coefficient (Wildman–Crippen LogP) is 2.49. The van der Waals surface area contributed by atoms with Crippen LogP contribution in [0, 0.1) is 5.82 Å². The van der Waals surface area contributed by atoms with Crippen molar-refractivity contribution < 1.29 is 28.6 Å². The molecular weight excluding hydrogens is 389 g/mol. The number of carbonyl (C=O) groups is 2. The monoisotopic (exact) mass is 413 g/mol. The third kappa shape index (κ3) is 3.63. The second-order valence-corrected chi connectivity index (χ2v) is 7.91. The van der Waals surface area contributed by atoms with Crippen LogP contribution in [0.1, 0.15) is 38.7 Å². The number of halogens is 2. The van der Waals surface area contributed by atoms with E-state index in [0.717, 1.165) is 0 Å². The molecule has 0 radical (unpaired) electrons. The first-order valence-electron chi connectivity index (χ1n) is 9.57. The zero-order valence-corrected chi connectivity index (χ0v) is 16.8. The van der Waals surface area contributed by atoms with E-state index in [4.69, 9.17) is 21.1 Å². The minimum absolute atomic E-state index is 0.109. The van der Waals surface area contributed by atoms with Crippen molar-refractivity contribution in [3.63, 3.8) is 0 Å². The number of aliphatic hydroxyl groups is 1. The lowest BCUT2D eigenvalue weighted by atomic mass is 9.66. The van der Waals surface area contributed by atoms with Crippen molar-refractivity contribution in [3.8, 4) is 0 Å². The van der Waals surface area contributed by atoms with Crippen LogP contribution in [0.25, 0.3) is 0 Å². The van der Waals surface area contributed by atoms with E-state index >= 15 is 0 Å². The predicted molar refractivity (Wildman–Crippen MR) is 100 cm³/mol. The molecule has 2 aliphatic rings. The van der Waals surface area contributed by atoms with Gasteiger partial charge in [0.15, 0.2) is 5.60 Å². The summed E-state index contributed by atoms with van der Waals surface area (Å²) in [6.07, 6.45) is 0.387. The number of hydrogen-bond donors (Lipinski definition) is 1. The molecule has 3 atom stereocenters. The number of carbonyl (C=O) groups excluding carboxylic acids is 2. The summed E-state index contributed by atoms with van der Waals surface area (Å²) in [5.41, 5.74) is -2.86. The fourth-order valence-electron chi connectivity index (χ4n) is 4.32. The number of fused-ring (bicyclic) bond motifs is 1. The van der Waals surface area contributed by atoms with Crippen LogP contribution < -0.4 is 0 Å². The molecule has 1 aliphatic carbocycles. The molecule has 3 rings (SSSR count). The summed E-state index contributed by atoms with van der Waals surface area (Å²) in [5.74, 6) is -2.69. The van der Waals surface area contributed by atoms with Crippen molar-refractivity contribution in [1.82, 2.24) is 4.90 Å². The number of likely N-dealkylation sites (N-methyl/N-ethyl adjacent to an activating group) is 1. The Kier molecular flexibility index (Phi) is 5.98. The molecule has 154 valence electrons.